The van der Waals surface area contributed by atoms with Crippen LogP contribution in [0.4, 0.5) is 0 Å². The van der Waals surface area contributed by atoms with Gasteiger partial charge in [-0.2, -0.15) is 0 Å². The number of methoxy groups -OCH3 is 1. The van der Waals surface area contributed by atoms with Gasteiger partial charge < -0.3 is 9.64 Å². The molecule has 0 saturated heterocycles. The van der Waals surface area contributed by atoms with Crippen LogP contribution < -0.4 is 0 Å². The SMILES string of the molecule is COC(=O)/C(=C\N(C)C)C(=O)C1CCCC1. The number of nitrogens with zero attached hydrogens (tertiary/aromatic N) is 1. The Labute approximate surface area is 96.3 Å². The van der Waals surface area contributed by atoms with Gasteiger partial charge in [0.2, 0.25) is 0 Å². The van der Waals surface area contributed by atoms with Gasteiger partial charge in [0, 0.05) is 26.2 Å². The number of carbonyl (C=O) groups excluding carboxylic acids is 2. The van der Waals surface area contributed by atoms with Gasteiger partial charge in [-0.05, 0) is 12.8 Å². The Balaban J connectivity index is 2.83. The summed E-state index contributed by atoms with van der Waals surface area (Å²) in [6.45, 7) is 0. The third-order valence-electron chi connectivity index (χ3n) is 2.78. The van der Waals surface area contributed by atoms with E-state index < -0.39 is 5.97 Å². The standard InChI is InChI=1S/C12H19NO3/c1-13(2)8-10(12(15)16-3)11(14)9-6-4-5-7-9/h8-9H,4-7H2,1-3H3/b10-8-. The Morgan fingerprint density at radius 1 is 1.25 bits per heavy atom. The molecule has 0 bridgehead atoms. The second kappa shape index (κ2) is 5.68. The molecule has 0 radical (unpaired) electrons. The monoisotopic (exact) mass is 225 g/mol. The van der Waals surface area contributed by atoms with Gasteiger partial charge in [0.1, 0.15) is 5.57 Å². The molecule has 0 aromatic carbocycles. The molecule has 1 aliphatic rings. The molecule has 0 unspecified atom stereocenters. The number of hydrogen-bond acceptors (Lipinski definition) is 4. The molecule has 1 aliphatic carbocycles. The Morgan fingerprint density at radius 3 is 2.25 bits per heavy atom. The summed E-state index contributed by atoms with van der Waals surface area (Å²) in [6, 6.07) is 0. The van der Waals surface area contributed by atoms with E-state index in [4.69, 9.17) is 0 Å². The highest BCUT2D eigenvalue weighted by atomic mass is 16.5. The Hall–Kier alpha value is -1.32. The van der Waals surface area contributed by atoms with Crippen molar-refractivity contribution in [1.29, 1.82) is 0 Å². The summed E-state index contributed by atoms with van der Waals surface area (Å²) >= 11 is 0. The van der Waals surface area contributed by atoms with E-state index in [1.54, 1.807) is 25.2 Å². The van der Waals surface area contributed by atoms with Crippen molar-refractivity contribution in [3.8, 4) is 0 Å². The van der Waals surface area contributed by atoms with Crippen molar-refractivity contribution in [2.75, 3.05) is 21.2 Å². The average molecular weight is 225 g/mol. The molecule has 90 valence electrons. The molecule has 1 fully saturated rings. The molecule has 0 amide bonds. The fourth-order valence-electron chi connectivity index (χ4n) is 1.99. The molecule has 1 rings (SSSR count). The first-order valence-corrected chi connectivity index (χ1v) is 5.57. The smallest absolute Gasteiger partial charge is 0.342 e. The third-order valence-corrected chi connectivity index (χ3v) is 2.78. The van der Waals surface area contributed by atoms with Gasteiger partial charge in [-0.15, -0.1) is 0 Å². The van der Waals surface area contributed by atoms with Crippen molar-refractivity contribution in [3.63, 3.8) is 0 Å². The van der Waals surface area contributed by atoms with Gasteiger partial charge in [-0.3, -0.25) is 4.79 Å². The van der Waals surface area contributed by atoms with Gasteiger partial charge in [0.25, 0.3) is 0 Å². The molecule has 0 spiro atoms. The van der Waals surface area contributed by atoms with E-state index in [2.05, 4.69) is 4.74 Å². The molecule has 1 saturated carbocycles. The second-order valence-electron chi connectivity index (χ2n) is 4.34. The van der Waals surface area contributed by atoms with Gasteiger partial charge >= 0.3 is 5.97 Å². The van der Waals surface area contributed by atoms with Crippen LogP contribution in [0, 0.1) is 5.92 Å². The fraction of sp³-hybridized carbons (Fsp3) is 0.667. The normalized spacial score (nSPS) is 17.3. The van der Waals surface area contributed by atoms with Gasteiger partial charge in [-0.1, -0.05) is 12.8 Å². The number of hydrogen-bond donors (Lipinski definition) is 0. The molecule has 0 atom stereocenters. The van der Waals surface area contributed by atoms with Crippen LogP contribution in [0.1, 0.15) is 25.7 Å². The largest absolute Gasteiger partial charge is 0.465 e. The molecule has 0 aromatic rings. The van der Waals surface area contributed by atoms with E-state index in [-0.39, 0.29) is 17.3 Å². The summed E-state index contributed by atoms with van der Waals surface area (Å²) in [6.07, 6.45) is 5.48. The first kappa shape index (κ1) is 12.7. The molecule has 0 aliphatic heterocycles. The maximum Gasteiger partial charge on any atom is 0.342 e. The third kappa shape index (κ3) is 3.08. The first-order valence-electron chi connectivity index (χ1n) is 5.57. The van der Waals surface area contributed by atoms with Crippen molar-refractivity contribution in [3.05, 3.63) is 11.8 Å². The maximum atomic E-state index is 12.1. The van der Waals surface area contributed by atoms with E-state index in [0.29, 0.717) is 0 Å². The second-order valence-corrected chi connectivity index (χ2v) is 4.34. The van der Waals surface area contributed by atoms with Crippen LogP contribution in [-0.4, -0.2) is 37.9 Å². The zero-order valence-electron chi connectivity index (χ0n) is 10.2. The topological polar surface area (TPSA) is 46.6 Å². The molecule has 0 N–H and O–H groups in total. The Bertz CT molecular complexity index is 301. The summed E-state index contributed by atoms with van der Waals surface area (Å²) in [5, 5.41) is 0. The van der Waals surface area contributed by atoms with Crippen LogP contribution in [-0.2, 0) is 14.3 Å². The average Bonchev–Trinajstić information content (AvgIpc) is 2.77. The van der Waals surface area contributed by atoms with Crippen LogP contribution in [0.2, 0.25) is 0 Å². The number of esters is 1. The maximum absolute atomic E-state index is 12.1. The fourth-order valence-corrected chi connectivity index (χ4v) is 1.99. The van der Waals surface area contributed by atoms with Crippen molar-refractivity contribution in [2.24, 2.45) is 5.92 Å². The number of ether oxygens (including phenoxy) is 1. The molecule has 4 nitrogen and oxygen atoms in total. The minimum atomic E-state index is -0.536. The molecular formula is C12H19NO3. The van der Waals surface area contributed by atoms with Crippen LogP contribution in [0.25, 0.3) is 0 Å². The molecule has 16 heavy (non-hydrogen) atoms. The summed E-state index contributed by atoms with van der Waals surface area (Å²) in [5.41, 5.74) is 0.166. The summed E-state index contributed by atoms with van der Waals surface area (Å²) in [7, 11) is 4.86. The van der Waals surface area contributed by atoms with E-state index in [0.717, 1.165) is 25.7 Å². The van der Waals surface area contributed by atoms with Crippen LogP contribution in [0.15, 0.2) is 11.8 Å². The molecule has 0 aromatic heterocycles. The lowest BCUT2D eigenvalue weighted by molar-refractivity contribution is -0.138. The molecular weight excluding hydrogens is 206 g/mol. The quantitative estimate of drug-likeness (QED) is 0.314. The Morgan fingerprint density at radius 2 is 1.81 bits per heavy atom. The minimum Gasteiger partial charge on any atom is -0.465 e. The van der Waals surface area contributed by atoms with Gasteiger partial charge in [-0.25, -0.2) is 4.79 Å². The van der Waals surface area contributed by atoms with E-state index in [1.807, 2.05) is 0 Å². The number of ketones is 1. The highest BCUT2D eigenvalue weighted by Crippen LogP contribution is 2.28. The molecule has 4 heteroatoms. The van der Waals surface area contributed by atoms with E-state index in [1.165, 1.54) is 7.11 Å². The Kier molecular flexibility index (Phi) is 4.52. The number of carbonyl (C=O) groups is 2. The summed E-state index contributed by atoms with van der Waals surface area (Å²) in [4.78, 5) is 25.3. The first-order chi connectivity index (χ1) is 7.56. The summed E-state index contributed by atoms with van der Waals surface area (Å²) < 4.78 is 4.64. The van der Waals surface area contributed by atoms with Crippen LogP contribution >= 0.6 is 0 Å². The lowest BCUT2D eigenvalue weighted by Crippen LogP contribution is -2.23. The highest BCUT2D eigenvalue weighted by molar-refractivity contribution is 6.18. The lowest BCUT2D eigenvalue weighted by atomic mass is 9.96. The predicted molar refractivity (Wildman–Crippen MR) is 60.8 cm³/mol. The van der Waals surface area contributed by atoms with Crippen molar-refractivity contribution < 1.29 is 14.3 Å². The number of Topliss-reactive ketones (excluding diaryl/α,β-unsaturated/α-hetero) is 1. The molecule has 0 heterocycles. The minimum absolute atomic E-state index is 0.00491. The number of rotatable bonds is 4. The van der Waals surface area contributed by atoms with Crippen molar-refractivity contribution >= 4 is 11.8 Å². The highest BCUT2D eigenvalue weighted by Gasteiger charge is 2.29. The van der Waals surface area contributed by atoms with Crippen LogP contribution in [0.5, 0.6) is 0 Å². The van der Waals surface area contributed by atoms with Crippen molar-refractivity contribution in [1.82, 2.24) is 4.90 Å². The zero-order chi connectivity index (χ0) is 12.1. The predicted octanol–water partition coefficient (Wildman–Crippen LogP) is 1.36. The van der Waals surface area contributed by atoms with Crippen LogP contribution in [0.3, 0.4) is 0 Å². The lowest BCUT2D eigenvalue weighted by Gasteiger charge is -2.12. The van der Waals surface area contributed by atoms with E-state index in [9.17, 15) is 9.59 Å². The summed E-state index contributed by atoms with van der Waals surface area (Å²) in [5.74, 6) is -0.603. The van der Waals surface area contributed by atoms with Gasteiger partial charge in [0.15, 0.2) is 5.78 Å². The van der Waals surface area contributed by atoms with Crippen molar-refractivity contribution in [2.45, 2.75) is 25.7 Å². The van der Waals surface area contributed by atoms with E-state index >= 15 is 0 Å². The van der Waals surface area contributed by atoms with Gasteiger partial charge in [0.05, 0.1) is 7.11 Å². The zero-order valence-corrected chi connectivity index (χ0v) is 10.2.